The number of thioether (sulfide) groups is 1. The summed E-state index contributed by atoms with van der Waals surface area (Å²) in [5.74, 6) is 0.0306. The van der Waals surface area contributed by atoms with Crippen LogP contribution in [-0.4, -0.2) is 37.5 Å². The fourth-order valence-electron chi connectivity index (χ4n) is 5.97. The Bertz CT molecular complexity index is 1120. The van der Waals surface area contributed by atoms with Gasteiger partial charge in [0.05, 0.1) is 0 Å². The van der Waals surface area contributed by atoms with Gasteiger partial charge in [0.25, 0.3) is 0 Å². The van der Waals surface area contributed by atoms with Gasteiger partial charge in [-0.25, -0.2) is 4.39 Å². The average molecular weight is 522 g/mol. The summed E-state index contributed by atoms with van der Waals surface area (Å²) in [6.07, 6.45) is 9.99. The first kappa shape index (κ1) is 25.8. The topological polar surface area (TPSA) is 61.4 Å². The molecule has 37 heavy (non-hydrogen) atoms. The monoisotopic (exact) mass is 521 g/mol. The van der Waals surface area contributed by atoms with Crippen LogP contribution in [0.4, 0.5) is 10.1 Å². The highest BCUT2D eigenvalue weighted by molar-refractivity contribution is 8.04. The maximum atomic E-state index is 13.8. The summed E-state index contributed by atoms with van der Waals surface area (Å²) in [6, 6.07) is 14.2. The van der Waals surface area contributed by atoms with Gasteiger partial charge in [-0.1, -0.05) is 68.5 Å². The number of hydrogen-bond donors (Lipinski definition) is 2. The van der Waals surface area contributed by atoms with Crippen molar-refractivity contribution in [3.05, 3.63) is 77.0 Å². The average Bonchev–Trinajstić information content (AvgIpc) is 3.58. The number of benzene rings is 2. The summed E-state index contributed by atoms with van der Waals surface area (Å²) in [7, 11) is 0. The largest absolute Gasteiger partial charge is 0.369 e. The molecule has 2 amide bonds. The van der Waals surface area contributed by atoms with Crippen LogP contribution in [0.2, 0.25) is 0 Å². The Morgan fingerprint density at radius 3 is 2.68 bits per heavy atom. The summed E-state index contributed by atoms with van der Waals surface area (Å²) in [4.78, 5) is 29.4. The molecule has 0 spiro atoms. The fourth-order valence-corrected chi connectivity index (χ4v) is 7.02. The van der Waals surface area contributed by atoms with Crippen molar-refractivity contribution >= 4 is 29.3 Å². The molecule has 1 aliphatic carbocycles. The van der Waals surface area contributed by atoms with E-state index in [4.69, 9.17) is 0 Å². The van der Waals surface area contributed by atoms with Crippen LogP contribution < -0.4 is 15.5 Å². The van der Waals surface area contributed by atoms with Crippen LogP contribution in [0.1, 0.15) is 56.1 Å². The molecule has 1 fully saturated rings. The number of nitrogens with one attached hydrogen (secondary N) is 2. The first-order valence-electron chi connectivity index (χ1n) is 13.6. The van der Waals surface area contributed by atoms with Crippen LogP contribution in [0.15, 0.2) is 60.0 Å². The summed E-state index contributed by atoms with van der Waals surface area (Å²) < 4.78 is 12.8. The maximum absolute atomic E-state index is 13.8. The highest BCUT2D eigenvalue weighted by Crippen LogP contribution is 2.45. The van der Waals surface area contributed by atoms with E-state index in [0.29, 0.717) is 31.8 Å². The molecule has 2 heterocycles. The second kappa shape index (κ2) is 11.7. The Labute approximate surface area is 223 Å². The number of carbonyl (C=O) groups excluding carboxylic acids is 2. The second-order valence-electron chi connectivity index (χ2n) is 10.5. The van der Waals surface area contributed by atoms with Gasteiger partial charge in [-0.3, -0.25) is 9.59 Å². The quantitative estimate of drug-likeness (QED) is 0.470. The minimum Gasteiger partial charge on any atom is -0.369 e. The van der Waals surface area contributed by atoms with Gasteiger partial charge < -0.3 is 15.5 Å². The van der Waals surface area contributed by atoms with Crippen molar-refractivity contribution < 1.29 is 14.0 Å². The van der Waals surface area contributed by atoms with Gasteiger partial charge in [0.2, 0.25) is 11.8 Å². The van der Waals surface area contributed by atoms with Crippen LogP contribution >= 0.6 is 11.8 Å². The van der Waals surface area contributed by atoms with Crippen molar-refractivity contribution in [1.82, 2.24) is 10.6 Å². The lowest BCUT2D eigenvalue weighted by Gasteiger charge is -2.32. The molecule has 0 bridgehead atoms. The highest BCUT2D eigenvalue weighted by Gasteiger charge is 2.43. The lowest BCUT2D eigenvalue weighted by molar-refractivity contribution is -0.130. The molecule has 3 aliphatic rings. The van der Waals surface area contributed by atoms with Crippen molar-refractivity contribution in [2.24, 2.45) is 5.92 Å². The van der Waals surface area contributed by atoms with Crippen LogP contribution in [0.25, 0.3) is 0 Å². The number of amides is 2. The van der Waals surface area contributed by atoms with Crippen molar-refractivity contribution in [1.29, 1.82) is 0 Å². The minimum absolute atomic E-state index is 0.0971. The summed E-state index contributed by atoms with van der Waals surface area (Å²) >= 11 is 1.52. The summed E-state index contributed by atoms with van der Waals surface area (Å²) in [5, 5.41) is 8.27. The minimum atomic E-state index is -0.735. The Balaban J connectivity index is 1.25. The van der Waals surface area contributed by atoms with Gasteiger partial charge in [0.15, 0.2) is 0 Å². The maximum Gasteiger partial charge on any atom is 0.242 e. The van der Waals surface area contributed by atoms with E-state index in [1.807, 2.05) is 47.9 Å². The molecule has 7 heteroatoms. The van der Waals surface area contributed by atoms with E-state index in [0.717, 1.165) is 42.6 Å². The third kappa shape index (κ3) is 5.87. The number of carbonyl (C=O) groups is 2. The first-order valence-corrected chi connectivity index (χ1v) is 14.4. The second-order valence-corrected chi connectivity index (χ2v) is 11.7. The SMILES string of the molecule is O=C(NCCN1CCc2cc(F)ccc21)C(CC1CCCCC1)NC(=O)[C@@]1(c2ccccc2)CC=CS1. The van der Waals surface area contributed by atoms with E-state index in [9.17, 15) is 14.0 Å². The molecule has 196 valence electrons. The highest BCUT2D eigenvalue weighted by atomic mass is 32.2. The summed E-state index contributed by atoms with van der Waals surface area (Å²) in [5.41, 5.74) is 3.02. The molecule has 1 saturated carbocycles. The lowest BCUT2D eigenvalue weighted by atomic mass is 9.84. The molecule has 2 aliphatic heterocycles. The van der Waals surface area contributed by atoms with E-state index >= 15 is 0 Å². The molecule has 0 aromatic heterocycles. The standard InChI is InChI=1S/C30H36FN3O2S/c31-25-12-13-27-23(21-25)14-17-34(27)18-16-32-28(35)26(20-22-8-3-1-4-9-22)33-29(36)30(15-7-19-37-30)24-10-5-2-6-11-24/h2,5-7,10-13,19,21-22,26H,1,3-4,8-9,14-18,20H2,(H,32,35)(H,33,36)/t26?,30-/m0/s1. The van der Waals surface area contributed by atoms with E-state index in [1.165, 1.54) is 37.1 Å². The number of nitrogens with zero attached hydrogens (tertiary/aromatic N) is 1. The first-order chi connectivity index (χ1) is 18.0. The van der Waals surface area contributed by atoms with Crippen LogP contribution in [0.3, 0.4) is 0 Å². The van der Waals surface area contributed by atoms with Gasteiger partial charge in [-0.15, -0.1) is 11.8 Å². The third-order valence-corrected chi connectivity index (χ3v) is 9.33. The molecule has 2 N–H and O–H groups in total. The Hall–Kier alpha value is -2.80. The van der Waals surface area contributed by atoms with E-state index in [2.05, 4.69) is 15.5 Å². The molecule has 5 rings (SSSR count). The lowest BCUT2D eigenvalue weighted by Crippen LogP contribution is -2.53. The molecule has 2 aromatic rings. The van der Waals surface area contributed by atoms with Crippen LogP contribution in [-0.2, 0) is 20.8 Å². The molecule has 5 nitrogen and oxygen atoms in total. The van der Waals surface area contributed by atoms with Crippen molar-refractivity contribution in [2.75, 3.05) is 24.5 Å². The van der Waals surface area contributed by atoms with Crippen LogP contribution in [0, 0.1) is 11.7 Å². The van der Waals surface area contributed by atoms with Crippen molar-refractivity contribution in [2.45, 2.75) is 62.2 Å². The number of anilines is 1. The molecule has 2 atom stereocenters. The Morgan fingerprint density at radius 2 is 1.92 bits per heavy atom. The van der Waals surface area contributed by atoms with E-state index in [1.54, 1.807) is 6.07 Å². The Morgan fingerprint density at radius 1 is 1.11 bits per heavy atom. The Kier molecular flexibility index (Phi) is 8.18. The molecule has 1 unspecified atom stereocenters. The number of allylic oxidation sites excluding steroid dienone is 1. The van der Waals surface area contributed by atoms with E-state index in [-0.39, 0.29) is 17.6 Å². The predicted molar refractivity (Wildman–Crippen MR) is 148 cm³/mol. The number of hydrogen-bond acceptors (Lipinski definition) is 4. The predicted octanol–water partition coefficient (Wildman–Crippen LogP) is 5.31. The zero-order chi connectivity index (χ0) is 25.7. The molecular weight excluding hydrogens is 485 g/mol. The number of halogens is 1. The molecule has 2 aromatic carbocycles. The molecule has 0 saturated heterocycles. The fraction of sp³-hybridized carbons (Fsp3) is 0.467. The zero-order valence-electron chi connectivity index (χ0n) is 21.3. The molecular formula is C30H36FN3O2S. The van der Waals surface area contributed by atoms with Gasteiger partial charge in [0.1, 0.15) is 16.6 Å². The van der Waals surface area contributed by atoms with Gasteiger partial charge in [0, 0.05) is 25.3 Å². The summed E-state index contributed by atoms with van der Waals surface area (Å²) in [6.45, 7) is 1.95. The number of rotatable bonds is 9. The van der Waals surface area contributed by atoms with Gasteiger partial charge in [-0.2, -0.15) is 0 Å². The zero-order valence-corrected chi connectivity index (χ0v) is 22.1. The smallest absolute Gasteiger partial charge is 0.242 e. The van der Waals surface area contributed by atoms with Gasteiger partial charge in [-0.05, 0) is 59.9 Å². The third-order valence-electron chi connectivity index (χ3n) is 8.01. The number of fused-ring (bicyclic) bond motifs is 1. The van der Waals surface area contributed by atoms with E-state index < -0.39 is 10.8 Å². The van der Waals surface area contributed by atoms with Crippen molar-refractivity contribution in [3.63, 3.8) is 0 Å². The van der Waals surface area contributed by atoms with Crippen molar-refractivity contribution in [3.8, 4) is 0 Å². The molecule has 0 radical (unpaired) electrons. The van der Waals surface area contributed by atoms with Gasteiger partial charge >= 0.3 is 0 Å². The normalized spacial score (nSPS) is 22.0. The van der Waals surface area contributed by atoms with Crippen LogP contribution in [0.5, 0.6) is 0 Å².